The Hall–Kier alpha value is -1.55. The average molecular weight is 270 g/mol. The maximum Gasteiger partial charge on any atom is 0.303 e. The molecule has 0 fully saturated rings. The lowest BCUT2D eigenvalue weighted by Gasteiger charge is -2.17. The number of anilines is 1. The monoisotopic (exact) mass is 269 g/mol. The number of hydrogen-bond donors (Lipinski definition) is 1. The van der Waals surface area contributed by atoms with Gasteiger partial charge in [-0.3, -0.25) is 9.59 Å². The van der Waals surface area contributed by atoms with Gasteiger partial charge in [0.15, 0.2) is 0 Å². The van der Waals surface area contributed by atoms with E-state index in [1.165, 1.54) is 0 Å². The number of nitrogens with zero attached hydrogens (tertiary/aromatic N) is 1. The Morgan fingerprint density at radius 1 is 1.17 bits per heavy atom. The van der Waals surface area contributed by atoms with E-state index in [0.29, 0.717) is 24.3 Å². The minimum Gasteiger partial charge on any atom is -0.481 e. The summed E-state index contributed by atoms with van der Waals surface area (Å²) in [7, 11) is 1.70. The first-order valence-electron chi connectivity index (χ1n) is 5.74. The molecule has 0 radical (unpaired) electrons. The number of carbonyl (C=O) groups excluding carboxylic acids is 1. The SMILES string of the molecule is CN(C(=O)CCCCC(=O)O)c1ccc(Cl)cc1. The molecule has 0 unspecified atom stereocenters. The molecule has 0 spiro atoms. The number of unbranched alkanes of at least 4 members (excludes halogenated alkanes) is 1. The van der Waals surface area contributed by atoms with Crippen LogP contribution in [0.3, 0.4) is 0 Å². The van der Waals surface area contributed by atoms with Crippen molar-refractivity contribution in [3.05, 3.63) is 29.3 Å². The molecule has 1 aromatic rings. The van der Waals surface area contributed by atoms with Crippen molar-refractivity contribution in [2.75, 3.05) is 11.9 Å². The number of rotatable bonds is 6. The van der Waals surface area contributed by atoms with Crippen molar-refractivity contribution in [2.24, 2.45) is 0 Å². The number of carboxylic acids is 1. The van der Waals surface area contributed by atoms with Crippen molar-refractivity contribution >= 4 is 29.2 Å². The summed E-state index contributed by atoms with van der Waals surface area (Å²) in [6, 6.07) is 7.01. The summed E-state index contributed by atoms with van der Waals surface area (Å²) < 4.78 is 0. The molecule has 0 aliphatic carbocycles. The highest BCUT2D eigenvalue weighted by Gasteiger charge is 2.10. The molecule has 0 aromatic heterocycles. The number of aliphatic carboxylic acids is 1. The van der Waals surface area contributed by atoms with Gasteiger partial charge in [0, 0.05) is 30.6 Å². The summed E-state index contributed by atoms with van der Waals surface area (Å²) in [5.74, 6) is -0.851. The Balaban J connectivity index is 2.41. The molecule has 98 valence electrons. The summed E-state index contributed by atoms with van der Waals surface area (Å²) in [6.07, 6.45) is 1.57. The molecule has 0 aliphatic heterocycles. The molecular weight excluding hydrogens is 254 g/mol. The third-order valence-electron chi connectivity index (χ3n) is 2.62. The normalized spacial score (nSPS) is 10.1. The van der Waals surface area contributed by atoms with Crippen LogP contribution >= 0.6 is 11.6 Å². The predicted octanol–water partition coefficient (Wildman–Crippen LogP) is 2.95. The molecule has 0 saturated carbocycles. The van der Waals surface area contributed by atoms with E-state index >= 15 is 0 Å². The van der Waals surface area contributed by atoms with Gasteiger partial charge in [0.1, 0.15) is 0 Å². The fourth-order valence-electron chi connectivity index (χ4n) is 1.53. The third-order valence-corrected chi connectivity index (χ3v) is 2.87. The fourth-order valence-corrected chi connectivity index (χ4v) is 1.65. The zero-order chi connectivity index (χ0) is 13.5. The molecule has 18 heavy (non-hydrogen) atoms. The van der Waals surface area contributed by atoms with Gasteiger partial charge < -0.3 is 10.0 Å². The van der Waals surface area contributed by atoms with Gasteiger partial charge in [-0.15, -0.1) is 0 Å². The highest BCUT2D eigenvalue weighted by Crippen LogP contribution is 2.18. The second-order valence-corrected chi connectivity index (χ2v) is 4.47. The molecule has 1 rings (SSSR count). The summed E-state index contributed by atoms with van der Waals surface area (Å²) in [5, 5.41) is 9.11. The van der Waals surface area contributed by atoms with Crippen molar-refractivity contribution in [2.45, 2.75) is 25.7 Å². The van der Waals surface area contributed by atoms with E-state index in [2.05, 4.69) is 0 Å². The van der Waals surface area contributed by atoms with Crippen LogP contribution < -0.4 is 4.90 Å². The molecule has 1 aromatic carbocycles. The van der Waals surface area contributed by atoms with Crippen LogP contribution in [0.1, 0.15) is 25.7 Å². The smallest absolute Gasteiger partial charge is 0.303 e. The number of halogens is 1. The molecule has 1 amide bonds. The Morgan fingerprint density at radius 2 is 1.72 bits per heavy atom. The van der Waals surface area contributed by atoms with Crippen LogP contribution in [0, 0.1) is 0 Å². The molecule has 0 saturated heterocycles. The van der Waals surface area contributed by atoms with Crippen molar-refractivity contribution in [3.8, 4) is 0 Å². The van der Waals surface area contributed by atoms with Gasteiger partial charge in [-0.05, 0) is 37.1 Å². The fraction of sp³-hybridized carbons (Fsp3) is 0.385. The molecular formula is C13H16ClNO3. The van der Waals surface area contributed by atoms with Crippen molar-refractivity contribution < 1.29 is 14.7 Å². The second-order valence-electron chi connectivity index (χ2n) is 4.03. The number of carboxylic acid groups (broad SMARTS) is 1. The first-order chi connectivity index (χ1) is 8.50. The van der Waals surface area contributed by atoms with Crippen molar-refractivity contribution in [1.29, 1.82) is 0 Å². The van der Waals surface area contributed by atoms with Crippen LogP contribution in [-0.2, 0) is 9.59 Å². The van der Waals surface area contributed by atoms with Gasteiger partial charge in [-0.25, -0.2) is 0 Å². The molecule has 0 atom stereocenters. The number of benzene rings is 1. The van der Waals surface area contributed by atoms with E-state index in [-0.39, 0.29) is 12.3 Å². The lowest BCUT2D eigenvalue weighted by molar-refractivity contribution is -0.137. The third kappa shape index (κ3) is 4.75. The maximum atomic E-state index is 11.8. The molecule has 0 heterocycles. The highest BCUT2D eigenvalue weighted by molar-refractivity contribution is 6.30. The number of amides is 1. The van der Waals surface area contributed by atoms with E-state index in [1.807, 2.05) is 0 Å². The van der Waals surface area contributed by atoms with Gasteiger partial charge in [-0.2, -0.15) is 0 Å². The van der Waals surface area contributed by atoms with Crippen LogP contribution in [-0.4, -0.2) is 24.0 Å². The highest BCUT2D eigenvalue weighted by atomic mass is 35.5. The standard InChI is InChI=1S/C13H16ClNO3/c1-15(11-8-6-10(14)7-9-11)12(16)4-2-3-5-13(17)18/h6-9H,2-5H2,1H3,(H,17,18). The van der Waals surface area contributed by atoms with Gasteiger partial charge in [0.05, 0.1) is 0 Å². The van der Waals surface area contributed by atoms with Gasteiger partial charge in [0.2, 0.25) is 5.91 Å². The first-order valence-corrected chi connectivity index (χ1v) is 6.12. The van der Waals surface area contributed by atoms with E-state index in [1.54, 1.807) is 36.2 Å². The summed E-state index contributed by atoms with van der Waals surface area (Å²) in [6.45, 7) is 0. The van der Waals surface area contributed by atoms with Gasteiger partial charge in [0.25, 0.3) is 0 Å². The van der Waals surface area contributed by atoms with E-state index < -0.39 is 5.97 Å². The lowest BCUT2D eigenvalue weighted by atomic mass is 10.1. The zero-order valence-electron chi connectivity index (χ0n) is 10.2. The molecule has 1 N–H and O–H groups in total. The van der Waals surface area contributed by atoms with Crippen LogP contribution in [0.4, 0.5) is 5.69 Å². The Kier molecular flexibility index (Phi) is 5.65. The minimum absolute atomic E-state index is 0.0253. The predicted molar refractivity (Wildman–Crippen MR) is 71.0 cm³/mol. The summed E-state index contributed by atoms with van der Waals surface area (Å²) >= 11 is 5.77. The molecule has 4 nitrogen and oxygen atoms in total. The van der Waals surface area contributed by atoms with Crippen molar-refractivity contribution in [3.63, 3.8) is 0 Å². The molecule has 0 aliphatic rings. The topological polar surface area (TPSA) is 57.6 Å². The van der Waals surface area contributed by atoms with E-state index in [9.17, 15) is 9.59 Å². The zero-order valence-corrected chi connectivity index (χ0v) is 11.0. The van der Waals surface area contributed by atoms with Crippen LogP contribution in [0.15, 0.2) is 24.3 Å². The molecule has 5 heteroatoms. The van der Waals surface area contributed by atoms with Gasteiger partial charge in [-0.1, -0.05) is 11.6 Å². The second kappa shape index (κ2) is 7.01. The number of carbonyl (C=O) groups is 2. The summed E-state index contributed by atoms with van der Waals surface area (Å²) in [4.78, 5) is 23.7. The minimum atomic E-state index is -0.825. The van der Waals surface area contributed by atoms with E-state index in [4.69, 9.17) is 16.7 Å². The van der Waals surface area contributed by atoms with Crippen LogP contribution in [0.25, 0.3) is 0 Å². The molecule has 0 bridgehead atoms. The Bertz CT molecular complexity index is 417. The first kappa shape index (κ1) is 14.5. The maximum absolute atomic E-state index is 11.8. The summed E-state index contributed by atoms with van der Waals surface area (Å²) in [5.41, 5.74) is 0.780. The lowest BCUT2D eigenvalue weighted by Crippen LogP contribution is -2.25. The Morgan fingerprint density at radius 3 is 2.28 bits per heavy atom. The quantitative estimate of drug-likeness (QED) is 0.808. The van der Waals surface area contributed by atoms with Crippen LogP contribution in [0.5, 0.6) is 0 Å². The van der Waals surface area contributed by atoms with Crippen LogP contribution in [0.2, 0.25) is 5.02 Å². The average Bonchev–Trinajstić information content (AvgIpc) is 2.34. The van der Waals surface area contributed by atoms with E-state index in [0.717, 1.165) is 5.69 Å². The largest absolute Gasteiger partial charge is 0.481 e. The Labute approximate surface area is 111 Å². The van der Waals surface area contributed by atoms with Crippen molar-refractivity contribution in [1.82, 2.24) is 0 Å². The number of hydrogen-bond acceptors (Lipinski definition) is 2. The van der Waals surface area contributed by atoms with Gasteiger partial charge >= 0.3 is 5.97 Å².